The molecular weight excluding hydrogens is 500 g/mol. The van der Waals surface area contributed by atoms with Gasteiger partial charge in [-0.05, 0) is 62.7 Å². The molecule has 10 heteroatoms. The van der Waals surface area contributed by atoms with Crippen molar-refractivity contribution in [3.05, 3.63) is 12.7 Å². The third-order valence-corrected chi connectivity index (χ3v) is 7.59. The number of hydrogen-bond acceptors (Lipinski definition) is 6. The summed E-state index contributed by atoms with van der Waals surface area (Å²) in [6.07, 6.45) is 2.23. The lowest BCUT2D eigenvalue weighted by Crippen LogP contribution is -2.60. The van der Waals surface area contributed by atoms with Crippen LogP contribution in [-0.2, 0) is 23.9 Å². The molecule has 39 heavy (non-hydrogen) atoms. The third-order valence-electron chi connectivity index (χ3n) is 7.59. The van der Waals surface area contributed by atoms with Gasteiger partial charge < -0.3 is 25.6 Å². The summed E-state index contributed by atoms with van der Waals surface area (Å²) < 4.78 is 5.40. The maximum atomic E-state index is 13.9. The van der Waals surface area contributed by atoms with Gasteiger partial charge in [0.05, 0.1) is 6.04 Å². The molecule has 1 aliphatic heterocycles. The monoisotopic (exact) mass is 548 g/mol. The van der Waals surface area contributed by atoms with Crippen LogP contribution in [0.3, 0.4) is 0 Å². The number of nitrogens with zero attached hydrogens (tertiary/aromatic N) is 1. The summed E-state index contributed by atoms with van der Waals surface area (Å²) in [5.41, 5.74) is -1.57. The van der Waals surface area contributed by atoms with Crippen molar-refractivity contribution in [2.24, 2.45) is 22.7 Å². The maximum Gasteiger partial charge on any atom is 0.408 e. The van der Waals surface area contributed by atoms with Crippen molar-refractivity contribution >= 4 is 29.6 Å². The average Bonchev–Trinajstić information content (AvgIpc) is 3.14. The van der Waals surface area contributed by atoms with E-state index >= 15 is 0 Å². The molecule has 1 aliphatic carbocycles. The van der Waals surface area contributed by atoms with E-state index in [1.165, 1.54) is 4.90 Å². The SMILES string of the molecule is C=CCCC(NC(=O)[C@@H]1[C@@H]2[C@H](CN1C(=O)[C@@H](NC(=O)OC(C)(C)C)C(C)(C)C)C2(C)C)C(=O)C(=O)NCCC. The van der Waals surface area contributed by atoms with Crippen molar-refractivity contribution in [2.45, 2.75) is 105 Å². The second-order valence-corrected chi connectivity index (χ2v) is 13.4. The standard InChI is InChI=1S/C29H48N4O6/c1-11-13-14-18(21(34)24(36)30-15-12-2)31-23(35)20-19-17(29(19,9)10)16-33(20)25(37)22(27(3,4)5)32-26(38)39-28(6,7)8/h11,17-20,22H,1,12-16H2,2-10H3,(H,30,36)(H,31,35)(H,32,38)/t17-,18?,19-,20-,22+/m0/s1. The number of carbonyl (C=O) groups is 5. The molecule has 5 atom stereocenters. The van der Waals surface area contributed by atoms with Crippen LogP contribution in [0.15, 0.2) is 12.7 Å². The van der Waals surface area contributed by atoms with E-state index in [-0.39, 0.29) is 29.6 Å². The van der Waals surface area contributed by atoms with Crippen LogP contribution in [0.1, 0.15) is 81.6 Å². The number of piperidine rings is 1. The van der Waals surface area contributed by atoms with Gasteiger partial charge in [0, 0.05) is 13.1 Å². The Morgan fingerprint density at radius 2 is 1.69 bits per heavy atom. The van der Waals surface area contributed by atoms with E-state index in [1.807, 2.05) is 27.7 Å². The Morgan fingerprint density at radius 1 is 1.08 bits per heavy atom. The predicted octanol–water partition coefficient (Wildman–Crippen LogP) is 2.96. The van der Waals surface area contributed by atoms with Crippen molar-refractivity contribution in [2.75, 3.05) is 13.1 Å². The molecule has 1 heterocycles. The number of alkyl carbamates (subject to hydrolysis) is 1. The number of hydrogen-bond donors (Lipinski definition) is 3. The number of fused-ring (bicyclic) bond motifs is 1. The summed E-state index contributed by atoms with van der Waals surface area (Å²) in [4.78, 5) is 67.1. The largest absolute Gasteiger partial charge is 0.444 e. The summed E-state index contributed by atoms with van der Waals surface area (Å²) in [6.45, 7) is 21.1. The molecule has 1 unspecified atom stereocenters. The minimum absolute atomic E-state index is 0.104. The Kier molecular flexibility index (Phi) is 10.0. The lowest BCUT2D eigenvalue weighted by molar-refractivity contribution is -0.145. The average molecular weight is 549 g/mol. The fourth-order valence-corrected chi connectivity index (χ4v) is 5.35. The van der Waals surface area contributed by atoms with E-state index in [2.05, 4.69) is 36.4 Å². The Bertz CT molecular complexity index is 977. The van der Waals surface area contributed by atoms with Gasteiger partial charge in [-0.3, -0.25) is 19.2 Å². The topological polar surface area (TPSA) is 134 Å². The van der Waals surface area contributed by atoms with E-state index in [4.69, 9.17) is 4.74 Å². The number of Topliss-reactive ketones (excluding diaryl/α,β-unsaturated/α-hetero) is 1. The van der Waals surface area contributed by atoms with Crippen LogP contribution < -0.4 is 16.0 Å². The summed E-state index contributed by atoms with van der Waals surface area (Å²) in [6, 6.07) is -2.81. The lowest BCUT2D eigenvalue weighted by Gasteiger charge is -2.38. The van der Waals surface area contributed by atoms with Crippen molar-refractivity contribution in [1.29, 1.82) is 0 Å². The Hall–Kier alpha value is -2.91. The van der Waals surface area contributed by atoms with Gasteiger partial charge in [-0.2, -0.15) is 0 Å². The molecule has 2 fully saturated rings. The first-order valence-electron chi connectivity index (χ1n) is 13.9. The molecule has 0 bridgehead atoms. The zero-order valence-corrected chi connectivity index (χ0v) is 25.1. The van der Waals surface area contributed by atoms with Gasteiger partial charge in [-0.1, -0.05) is 47.6 Å². The Morgan fingerprint density at radius 3 is 2.21 bits per heavy atom. The van der Waals surface area contributed by atoms with Gasteiger partial charge in [-0.15, -0.1) is 6.58 Å². The highest BCUT2D eigenvalue weighted by molar-refractivity contribution is 6.38. The van der Waals surface area contributed by atoms with Crippen molar-refractivity contribution in [3.8, 4) is 0 Å². The van der Waals surface area contributed by atoms with Gasteiger partial charge in [-0.25, -0.2) is 4.79 Å². The van der Waals surface area contributed by atoms with E-state index in [9.17, 15) is 24.0 Å². The van der Waals surface area contributed by atoms with Crippen LogP contribution in [-0.4, -0.2) is 71.3 Å². The molecule has 0 aromatic heterocycles. The molecule has 2 aliphatic rings. The number of amides is 4. The molecule has 10 nitrogen and oxygen atoms in total. The summed E-state index contributed by atoms with van der Waals surface area (Å²) in [7, 11) is 0. The van der Waals surface area contributed by atoms with Crippen LogP contribution in [0, 0.1) is 22.7 Å². The summed E-state index contributed by atoms with van der Waals surface area (Å²) >= 11 is 0. The normalized spacial score (nSPS) is 23.1. The fourth-order valence-electron chi connectivity index (χ4n) is 5.35. The maximum absolute atomic E-state index is 13.9. The molecule has 2 rings (SSSR count). The number of carbonyl (C=O) groups excluding carboxylic acids is 5. The van der Waals surface area contributed by atoms with Gasteiger partial charge in [0.15, 0.2) is 0 Å². The van der Waals surface area contributed by atoms with Crippen molar-refractivity contribution in [3.63, 3.8) is 0 Å². The van der Waals surface area contributed by atoms with Crippen LogP contribution >= 0.6 is 0 Å². The fraction of sp³-hybridized carbons (Fsp3) is 0.759. The van der Waals surface area contributed by atoms with Crippen LogP contribution in [0.25, 0.3) is 0 Å². The molecular formula is C29H48N4O6. The van der Waals surface area contributed by atoms with Crippen LogP contribution in [0.5, 0.6) is 0 Å². The van der Waals surface area contributed by atoms with Crippen molar-refractivity contribution in [1.82, 2.24) is 20.9 Å². The Balaban J connectivity index is 2.31. The highest BCUT2D eigenvalue weighted by atomic mass is 16.6. The van der Waals surface area contributed by atoms with Crippen LogP contribution in [0.4, 0.5) is 4.79 Å². The highest BCUT2D eigenvalue weighted by Gasteiger charge is 2.70. The number of rotatable bonds is 11. The number of allylic oxidation sites excluding steroid dienone is 1. The zero-order chi connectivity index (χ0) is 29.9. The molecule has 0 aromatic rings. The third kappa shape index (κ3) is 7.82. The quantitative estimate of drug-likeness (QED) is 0.269. The second-order valence-electron chi connectivity index (χ2n) is 13.4. The van der Waals surface area contributed by atoms with Crippen LogP contribution in [0.2, 0.25) is 0 Å². The number of ketones is 1. The summed E-state index contributed by atoms with van der Waals surface area (Å²) in [5.74, 6) is -2.32. The van der Waals surface area contributed by atoms with E-state index in [1.54, 1.807) is 26.8 Å². The van der Waals surface area contributed by atoms with E-state index < -0.39 is 52.8 Å². The van der Waals surface area contributed by atoms with Gasteiger partial charge in [0.2, 0.25) is 17.6 Å². The summed E-state index contributed by atoms with van der Waals surface area (Å²) in [5, 5.41) is 8.07. The van der Waals surface area contributed by atoms with E-state index in [0.717, 1.165) is 0 Å². The van der Waals surface area contributed by atoms with Gasteiger partial charge in [0.1, 0.15) is 17.7 Å². The Labute approximate surface area is 233 Å². The first-order valence-corrected chi connectivity index (χ1v) is 13.9. The molecule has 3 N–H and O–H groups in total. The number of likely N-dealkylation sites (tertiary alicyclic amines) is 1. The first-order chi connectivity index (χ1) is 17.9. The molecule has 0 radical (unpaired) electrons. The number of nitrogens with one attached hydrogen (secondary N) is 3. The number of ether oxygens (including phenoxy) is 1. The van der Waals surface area contributed by atoms with Gasteiger partial charge in [0.25, 0.3) is 5.91 Å². The molecule has 1 saturated carbocycles. The molecule has 1 saturated heterocycles. The second kappa shape index (κ2) is 12.1. The zero-order valence-electron chi connectivity index (χ0n) is 25.1. The molecule has 0 spiro atoms. The lowest BCUT2D eigenvalue weighted by atomic mass is 9.85. The predicted molar refractivity (Wildman–Crippen MR) is 149 cm³/mol. The highest BCUT2D eigenvalue weighted by Crippen LogP contribution is 2.65. The first kappa shape index (κ1) is 32.3. The van der Waals surface area contributed by atoms with E-state index in [0.29, 0.717) is 25.9 Å². The minimum atomic E-state index is -1.04. The minimum Gasteiger partial charge on any atom is -0.444 e. The smallest absolute Gasteiger partial charge is 0.408 e. The molecule has 220 valence electrons. The molecule has 0 aromatic carbocycles. The molecule has 4 amide bonds. The van der Waals surface area contributed by atoms with Gasteiger partial charge >= 0.3 is 6.09 Å². The van der Waals surface area contributed by atoms with Crippen molar-refractivity contribution < 1.29 is 28.7 Å².